The molecule has 0 aromatic carbocycles. The zero-order valence-corrected chi connectivity index (χ0v) is 4.85. The van der Waals surface area contributed by atoms with Crippen molar-refractivity contribution < 1.29 is 4.79 Å². The molecule has 44 valence electrons. The molecule has 0 radical (unpaired) electrons. The van der Waals surface area contributed by atoms with Crippen LogP contribution in [-0.2, 0) is 4.79 Å². The van der Waals surface area contributed by atoms with Crippen molar-refractivity contribution in [3.05, 3.63) is 24.4 Å². The molecule has 0 amide bonds. The topological polar surface area (TPSA) is 43.1 Å². The average molecular weight is 111 g/mol. The Kier molecular flexibility index (Phi) is 2.62. The summed E-state index contributed by atoms with van der Waals surface area (Å²) in [5.41, 5.74) is 5.51. The summed E-state index contributed by atoms with van der Waals surface area (Å²) in [6, 6.07) is 0. The van der Waals surface area contributed by atoms with Gasteiger partial charge in [-0.3, -0.25) is 4.79 Å². The Labute approximate surface area is 48.7 Å². The zero-order valence-electron chi connectivity index (χ0n) is 4.85. The molecule has 0 fully saturated rings. The summed E-state index contributed by atoms with van der Waals surface area (Å²) in [5, 5.41) is 0. The van der Waals surface area contributed by atoms with Crippen LogP contribution in [0.5, 0.6) is 0 Å². The Balaban J connectivity index is 3.67. The third-order valence-corrected chi connectivity index (χ3v) is 0.532. The minimum Gasteiger partial charge on any atom is -0.399 e. The SMILES string of the molecule is C=C(N)/C=C/C(C)=O. The number of carbonyl (C=O) groups excluding carboxylic acids is 1. The lowest BCUT2D eigenvalue weighted by Gasteiger charge is -1.81. The first kappa shape index (κ1) is 6.95. The van der Waals surface area contributed by atoms with Gasteiger partial charge in [-0.1, -0.05) is 6.58 Å². The van der Waals surface area contributed by atoms with E-state index in [9.17, 15) is 4.79 Å². The highest BCUT2D eigenvalue weighted by molar-refractivity contribution is 5.87. The Morgan fingerprint density at radius 2 is 2.12 bits per heavy atom. The largest absolute Gasteiger partial charge is 0.399 e. The third-order valence-electron chi connectivity index (χ3n) is 0.532. The number of nitrogens with two attached hydrogens (primary N) is 1. The minimum atomic E-state index is -0.0170. The summed E-state index contributed by atoms with van der Waals surface area (Å²) >= 11 is 0. The molecule has 2 heteroatoms. The second-order valence-electron chi connectivity index (χ2n) is 1.52. The van der Waals surface area contributed by atoms with Gasteiger partial charge in [0.15, 0.2) is 5.78 Å². The summed E-state index contributed by atoms with van der Waals surface area (Å²) in [7, 11) is 0. The van der Waals surface area contributed by atoms with E-state index >= 15 is 0 Å². The predicted molar refractivity (Wildman–Crippen MR) is 33.1 cm³/mol. The third kappa shape index (κ3) is 4.95. The van der Waals surface area contributed by atoms with Gasteiger partial charge in [0.25, 0.3) is 0 Å². The number of ketones is 1. The van der Waals surface area contributed by atoms with E-state index in [-0.39, 0.29) is 5.78 Å². The quantitative estimate of drug-likeness (QED) is 0.419. The lowest BCUT2D eigenvalue weighted by atomic mass is 10.3. The Bertz CT molecular complexity index is 119. The molecule has 0 saturated heterocycles. The van der Waals surface area contributed by atoms with Crippen molar-refractivity contribution in [3.8, 4) is 0 Å². The summed E-state index contributed by atoms with van der Waals surface area (Å²) in [4.78, 5) is 10.2. The highest BCUT2D eigenvalue weighted by atomic mass is 16.1. The Morgan fingerprint density at radius 1 is 1.62 bits per heavy atom. The second-order valence-corrected chi connectivity index (χ2v) is 1.52. The van der Waals surface area contributed by atoms with Crippen LogP contribution < -0.4 is 5.73 Å². The average Bonchev–Trinajstić information content (AvgIpc) is 1.61. The zero-order chi connectivity index (χ0) is 6.57. The van der Waals surface area contributed by atoms with Gasteiger partial charge in [0.05, 0.1) is 0 Å². The van der Waals surface area contributed by atoms with Gasteiger partial charge in [0.2, 0.25) is 0 Å². The minimum absolute atomic E-state index is 0.0170. The molecular formula is C6H9NO. The maximum Gasteiger partial charge on any atom is 0.152 e. The first-order chi connectivity index (χ1) is 3.63. The van der Waals surface area contributed by atoms with Crippen molar-refractivity contribution >= 4 is 5.78 Å². The molecule has 2 nitrogen and oxygen atoms in total. The van der Waals surface area contributed by atoms with Crippen LogP contribution in [0.15, 0.2) is 24.4 Å². The van der Waals surface area contributed by atoms with Crippen LogP contribution in [0.2, 0.25) is 0 Å². The van der Waals surface area contributed by atoms with Gasteiger partial charge < -0.3 is 5.73 Å². The lowest BCUT2D eigenvalue weighted by Crippen LogP contribution is -1.90. The number of hydrogen-bond acceptors (Lipinski definition) is 2. The molecule has 0 aliphatic heterocycles. The van der Waals surface area contributed by atoms with Gasteiger partial charge in [-0.15, -0.1) is 0 Å². The van der Waals surface area contributed by atoms with E-state index in [2.05, 4.69) is 6.58 Å². The summed E-state index contributed by atoms with van der Waals surface area (Å²) in [5.74, 6) is -0.0170. The highest BCUT2D eigenvalue weighted by Crippen LogP contribution is 1.80. The van der Waals surface area contributed by atoms with Crippen molar-refractivity contribution in [2.24, 2.45) is 5.73 Å². The van der Waals surface area contributed by atoms with Crippen molar-refractivity contribution in [2.75, 3.05) is 0 Å². The van der Waals surface area contributed by atoms with Crippen molar-refractivity contribution in [3.63, 3.8) is 0 Å². The first-order valence-corrected chi connectivity index (χ1v) is 2.26. The number of allylic oxidation sites excluding steroid dienone is 2. The van der Waals surface area contributed by atoms with Crippen molar-refractivity contribution in [2.45, 2.75) is 6.92 Å². The maximum atomic E-state index is 10.2. The molecule has 8 heavy (non-hydrogen) atoms. The molecule has 0 aliphatic carbocycles. The van der Waals surface area contributed by atoms with Gasteiger partial charge in [-0.2, -0.15) is 0 Å². The molecule has 0 rings (SSSR count). The van der Waals surface area contributed by atoms with Crippen LogP contribution in [0.1, 0.15) is 6.92 Å². The van der Waals surface area contributed by atoms with E-state index in [0.717, 1.165) is 0 Å². The lowest BCUT2D eigenvalue weighted by molar-refractivity contribution is -0.112. The van der Waals surface area contributed by atoms with Crippen LogP contribution in [0.4, 0.5) is 0 Å². The van der Waals surface area contributed by atoms with Crippen LogP contribution in [0.25, 0.3) is 0 Å². The van der Waals surface area contributed by atoms with E-state index in [4.69, 9.17) is 5.73 Å². The molecular weight excluding hydrogens is 102 g/mol. The van der Waals surface area contributed by atoms with Crippen LogP contribution in [-0.4, -0.2) is 5.78 Å². The molecule has 0 aromatic rings. The normalized spacial score (nSPS) is 9.62. The van der Waals surface area contributed by atoms with E-state index in [1.807, 2.05) is 0 Å². The number of hydrogen-bond donors (Lipinski definition) is 1. The standard InChI is InChI=1S/C6H9NO/c1-5(7)3-4-6(2)8/h3-4H,1,7H2,2H3/b4-3+. The molecule has 0 spiro atoms. The molecule has 0 saturated carbocycles. The predicted octanol–water partition coefficient (Wildman–Crippen LogP) is 0.604. The summed E-state index contributed by atoms with van der Waals surface area (Å²) < 4.78 is 0. The second kappa shape index (κ2) is 3.02. The van der Waals surface area contributed by atoms with Crippen LogP contribution in [0.3, 0.4) is 0 Å². The fraction of sp³-hybridized carbons (Fsp3) is 0.167. The molecule has 0 aliphatic rings. The molecule has 0 bridgehead atoms. The maximum absolute atomic E-state index is 10.2. The van der Waals surface area contributed by atoms with E-state index in [1.54, 1.807) is 0 Å². The number of carbonyl (C=O) groups is 1. The molecule has 0 heterocycles. The monoisotopic (exact) mass is 111 g/mol. The molecule has 2 N–H and O–H groups in total. The molecule has 0 unspecified atom stereocenters. The fourth-order valence-corrected chi connectivity index (χ4v) is 0.224. The van der Waals surface area contributed by atoms with E-state index < -0.39 is 0 Å². The van der Waals surface area contributed by atoms with Gasteiger partial charge in [0.1, 0.15) is 0 Å². The van der Waals surface area contributed by atoms with E-state index in [0.29, 0.717) is 5.70 Å². The van der Waals surface area contributed by atoms with Crippen molar-refractivity contribution in [1.82, 2.24) is 0 Å². The van der Waals surface area contributed by atoms with Crippen LogP contribution in [0, 0.1) is 0 Å². The summed E-state index contributed by atoms with van der Waals surface area (Å²) in [6.45, 7) is 4.82. The van der Waals surface area contributed by atoms with Gasteiger partial charge in [-0.25, -0.2) is 0 Å². The first-order valence-electron chi connectivity index (χ1n) is 2.26. The van der Waals surface area contributed by atoms with Gasteiger partial charge >= 0.3 is 0 Å². The van der Waals surface area contributed by atoms with Gasteiger partial charge in [-0.05, 0) is 19.1 Å². The van der Waals surface area contributed by atoms with Gasteiger partial charge in [0, 0.05) is 5.70 Å². The number of rotatable bonds is 2. The molecule has 0 atom stereocenters. The van der Waals surface area contributed by atoms with Crippen LogP contribution >= 0.6 is 0 Å². The summed E-state index contributed by atoms with van der Waals surface area (Å²) in [6.07, 6.45) is 2.85. The van der Waals surface area contributed by atoms with Crippen molar-refractivity contribution in [1.29, 1.82) is 0 Å². The Hall–Kier alpha value is -1.05. The van der Waals surface area contributed by atoms with E-state index in [1.165, 1.54) is 19.1 Å². The molecule has 0 aromatic heterocycles. The Morgan fingerprint density at radius 3 is 2.25 bits per heavy atom. The fourth-order valence-electron chi connectivity index (χ4n) is 0.224. The highest BCUT2D eigenvalue weighted by Gasteiger charge is 1.79. The smallest absolute Gasteiger partial charge is 0.152 e.